The summed E-state index contributed by atoms with van der Waals surface area (Å²) < 4.78 is 0. The van der Waals surface area contributed by atoms with Gasteiger partial charge in [0, 0.05) is 12.1 Å². The first-order valence-electron chi connectivity index (χ1n) is 9.83. The molecule has 0 heterocycles. The lowest BCUT2D eigenvalue weighted by Crippen LogP contribution is -2.08. The van der Waals surface area contributed by atoms with E-state index >= 15 is 0 Å². The first-order chi connectivity index (χ1) is 13.7. The van der Waals surface area contributed by atoms with Crippen molar-refractivity contribution >= 4 is 5.69 Å². The minimum absolute atomic E-state index is 0.108. The van der Waals surface area contributed by atoms with Crippen LogP contribution in [0.2, 0.25) is 0 Å². The van der Waals surface area contributed by atoms with Crippen LogP contribution in [-0.4, -0.2) is 10.0 Å². The standard InChI is InChI=1S/C25H27NO3/c1-15(14-20-6-12-23(27)13-7-20)24-16(2)18(4)25(19(5)17(24)3)21-8-10-22(11-9-21)26(28)29/h6-13,15,27H,14H2,1-5H3. The molecule has 0 aromatic heterocycles. The molecule has 4 nitrogen and oxygen atoms in total. The summed E-state index contributed by atoms with van der Waals surface area (Å²) in [6.07, 6.45) is 0.901. The Balaban J connectivity index is 2.03. The Morgan fingerprint density at radius 1 is 0.862 bits per heavy atom. The average Bonchev–Trinajstić information content (AvgIpc) is 2.69. The van der Waals surface area contributed by atoms with Crippen molar-refractivity contribution in [2.75, 3.05) is 0 Å². The zero-order valence-corrected chi connectivity index (χ0v) is 17.6. The third-order valence-corrected chi connectivity index (χ3v) is 6.02. The summed E-state index contributed by atoms with van der Waals surface area (Å²) in [5, 5.41) is 20.5. The number of nitro benzene ring substituents is 1. The molecule has 3 rings (SSSR count). The van der Waals surface area contributed by atoms with Crippen molar-refractivity contribution in [1.29, 1.82) is 0 Å². The van der Waals surface area contributed by atoms with Gasteiger partial charge in [-0.2, -0.15) is 0 Å². The third kappa shape index (κ3) is 4.02. The smallest absolute Gasteiger partial charge is 0.269 e. The minimum Gasteiger partial charge on any atom is -0.508 e. The van der Waals surface area contributed by atoms with Gasteiger partial charge in [0.25, 0.3) is 5.69 Å². The predicted octanol–water partition coefficient (Wildman–Crippen LogP) is 6.55. The lowest BCUT2D eigenvalue weighted by atomic mass is 9.80. The topological polar surface area (TPSA) is 63.4 Å². The van der Waals surface area contributed by atoms with E-state index in [1.807, 2.05) is 24.3 Å². The van der Waals surface area contributed by atoms with E-state index in [-0.39, 0.29) is 16.4 Å². The quantitative estimate of drug-likeness (QED) is 0.398. The largest absolute Gasteiger partial charge is 0.508 e. The van der Waals surface area contributed by atoms with Crippen molar-refractivity contribution in [2.24, 2.45) is 0 Å². The molecular formula is C25H27NO3. The van der Waals surface area contributed by atoms with Gasteiger partial charge in [0.2, 0.25) is 0 Å². The van der Waals surface area contributed by atoms with Crippen molar-refractivity contribution in [3.63, 3.8) is 0 Å². The van der Waals surface area contributed by atoms with Crippen LogP contribution in [0.3, 0.4) is 0 Å². The number of rotatable bonds is 5. The summed E-state index contributed by atoms with van der Waals surface area (Å²) in [6.45, 7) is 10.8. The highest BCUT2D eigenvalue weighted by molar-refractivity contribution is 5.75. The number of nitro groups is 1. The number of non-ortho nitro benzene ring substituents is 1. The fourth-order valence-corrected chi connectivity index (χ4v) is 4.35. The van der Waals surface area contributed by atoms with E-state index in [0.717, 1.165) is 17.5 Å². The van der Waals surface area contributed by atoms with Gasteiger partial charge in [-0.25, -0.2) is 0 Å². The molecule has 0 radical (unpaired) electrons. The Hall–Kier alpha value is -3.14. The normalized spacial score (nSPS) is 12.0. The number of phenolic OH excluding ortho intramolecular Hbond substituents is 1. The van der Waals surface area contributed by atoms with E-state index in [1.165, 1.54) is 33.4 Å². The second-order valence-corrected chi connectivity index (χ2v) is 7.86. The molecule has 150 valence electrons. The lowest BCUT2D eigenvalue weighted by Gasteiger charge is -2.25. The Bertz CT molecular complexity index is 1020. The zero-order valence-electron chi connectivity index (χ0n) is 17.6. The molecule has 0 aliphatic carbocycles. The Morgan fingerprint density at radius 3 is 1.86 bits per heavy atom. The van der Waals surface area contributed by atoms with E-state index in [1.54, 1.807) is 24.3 Å². The fourth-order valence-electron chi connectivity index (χ4n) is 4.35. The van der Waals surface area contributed by atoms with Crippen LogP contribution in [0.1, 0.15) is 46.2 Å². The van der Waals surface area contributed by atoms with E-state index < -0.39 is 0 Å². The molecule has 0 fully saturated rings. The van der Waals surface area contributed by atoms with Crippen molar-refractivity contribution < 1.29 is 10.0 Å². The molecule has 0 saturated carbocycles. The number of aromatic hydroxyl groups is 1. The van der Waals surface area contributed by atoms with Gasteiger partial charge in [0.1, 0.15) is 5.75 Å². The predicted molar refractivity (Wildman–Crippen MR) is 118 cm³/mol. The molecule has 1 atom stereocenters. The van der Waals surface area contributed by atoms with Crippen LogP contribution >= 0.6 is 0 Å². The number of hydrogen-bond donors (Lipinski definition) is 1. The molecule has 3 aromatic rings. The van der Waals surface area contributed by atoms with Crippen molar-refractivity contribution in [3.8, 4) is 16.9 Å². The van der Waals surface area contributed by atoms with Gasteiger partial charge in [-0.1, -0.05) is 19.1 Å². The summed E-state index contributed by atoms with van der Waals surface area (Å²) in [5.74, 6) is 0.621. The second kappa shape index (κ2) is 8.08. The highest BCUT2D eigenvalue weighted by Gasteiger charge is 2.20. The molecule has 1 N–H and O–H groups in total. The first kappa shape index (κ1) is 20.6. The maximum absolute atomic E-state index is 11.0. The van der Waals surface area contributed by atoms with Gasteiger partial charge in [-0.3, -0.25) is 10.1 Å². The summed E-state index contributed by atoms with van der Waals surface area (Å²) in [6, 6.07) is 14.2. The summed E-state index contributed by atoms with van der Waals surface area (Å²) in [7, 11) is 0. The highest BCUT2D eigenvalue weighted by atomic mass is 16.6. The van der Waals surface area contributed by atoms with Crippen LogP contribution in [0.5, 0.6) is 5.75 Å². The van der Waals surface area contributed by atoms with Crippen molar-refractivity contribution in [2.45, 2.75) is 47.0 Å². The van der Waals surface area contributed by atoms with Gasteiger partial charge in [0.15, 0.2) is 0 Å². The molecule has 0 spiro atoms. The monoisotopic (exact) mass is 389 g/mol. The fraction of sp³-hybridized carbons (Fsp3) is 0.280. The molecule has 0 saturated heterocycles. The molecule has 1 unspecified atom stereocenters. The minimum atomic E-state index is -0.367. The molecule has 0 aliphatic heterocycles. The van der Waals surface area contributed by atoms with E-state index in [0.29, 0.717) is 5.92 Å². The number of nitrogens with zero attached hydrogens (tertiary/aromatic N) is 1. The third-order valence-electron chi connectivity index (χ3n) is 6.02. The number of benzene rings is 3. The molecule has 4 heteroatoms. The van der Waals surface area contributed by atoms with Crippen LogP contribution in [-0.2, 0) is 6.42 Å². The van der Waals surface area contributed by atoms with Crippen LogP contribution in [0.15, 0.2) is 48.5 Å². The zero-order chi connectivity index (χ0) is 21.3. The first-order valence-corrected chi connectivity index (χ1v) is 9.83. The van der Waals surface area contributed by atoms with Gasteiger partial charge in [-0.15, -0.1) is 0 Å². The Labute approximate surface area is 172 Å². The van der Waals surface area contributed by atoms with Gasteiger partial charge < -0.3 is 5.11 Å². The van der Waals surface area contributed by atoms with Crippen LogP contribution < -0.4 is 0 Å². The van der Waals surface area contributed by atoms with Crippen LogP contribution in [0.4, 0.5) is 5.69 Å². The Morgan fingerprint density at radius 2 is 1.38 bits per heavy atom. The van der Waals surface area contributed by atoms with Crippen LogP contribution in [0.25, 0.3) is 11.1 Å². The Kier molecular flexibility index (Phi) is 5.73. The van der Waals surface area contributed by atoms with E-state index in [4.69, 9.17) is 0 Å². The number of phenols is 1. The molecule has 0 bridgehead atoms. The summed E-state index contributed by atoms with van der Waals surface area (Å²) in [4.78, 5) is 10.6. The molecular weight excluding hydrogens is 362 g/mol. The molecule has 0 aliphatic rings. The second-order valence-electron chi connectivity index (χ2n) is 7.86. The van der Waals surface area contributed by atoms with Crippen molar-refractivity contribution in [3.05, 3.63) is 92.0 Å². The van der Waals surface area contributed by atoms with Crippen molar-refractivity contribution in [1.82, 2.24) is 0 Å². The summed E-state index contributed by atoms with van der Waals surface area (Å²) >= 11 is 0. The highest BCUT2D eigenvalue weighted by Crippen LogP contribution is 2.38. The maximum Gasteiger partial charge on any atom is 0.269 e. The number of hydrogen-bond acceptors (Lipinski definition) is 3. The van der Waals surface area contributed by atoms with Crippen LogP contribution in [0, 0.1) is 37.8 Å². The molecule has 3 aromatic carbocycles. The summed E-state index contributed by atoms with van der Waals surface area (Å²) in [5.41, 5.74) is 9.81. The molecule has 29 heavy (non-hydrogen) atoms. The lowest BCUT2D eigenvalue weighted by molar-refractivity contribution is -0.384. The average molecular weight is 389 g/mol. The maximum atomic E-state index is 11.0. The van der Waals surface area contributed by atoms with Gasteiger partial charge in [-0.05, 0) is 109 Å². The van der Waals surface area contributed by atoms with E-state index in [2.05, 4.69) is 34.6 Å². The van der Waals surface area contributed by atoms with E-state index in [9.17, 15) is 15.2 Å². The van der Waals surface area contributed by atoms with Gasteiger partial charge >= 0.3 is 0 Å². The van der Waals surface area contributed by atoms with Gasteiger partial charge in [0.05, 0.1) is 4.92 Å². The molecule has 0 amide bonds. The SMILES string of the molecule is Cc1c(C)c(C(C)Cc2ccc(O)cc2)c(C)c(C)c1-c1ccc([N+](=O)[O-])cc1.